The fourth-order valence-corrected chi connectivity index (χ4v) is 3.06. The molecule has 3 aliphatic heterocycles. The van der Waals surface area contributed by atoms with Gasteiger partial charge in [-0.25, -0.2) is 0 Å². The third kappa shape index (κ3) is 2.62. The zero-order chi connectivity index (χ0) is 12.6. The Labute approximate surface area is 113 Å². The van der Waals surface area contributed by atoms with Crippen LogP contribution in [0.1, 0.15) is 33.6 Å². The number of hydrogen-bond donors (Lipinski definition) is 0. The third-order valence-electron chi connectivity index (χ3n) is 3.77. The molecule has 2 atom stereocenters. The molecule has 3 saturated heterocycles. The molecule has 3 heterocycles. The van der Waals surface area contributed by atoms with Crippen molar-refractivity contribution in [3.8, 4) is 0 Å². The van der Waals surface area contributed by atoms with Crippen LogP contribution in [0, 0.1) is 5.92 Å². The van der Waals surface area contributed by atoms with Gasteiger partial charge in [0.1, 0.15) is 0 Å². The van der Waals surface area contributed by atoms with Crippen LogP contribution in [0.5, 0.6) is 0 Å². The summed E-state index contributed by atoms with van der Waals surface area (Å²) in [6.45, 7) is 6.41. The Hall–Kier alpha value is -0.810. The van der Waals surface area contributed by atoms with Crippen LogP contribution >= 0.6 is 12.4 Å². The first-order chi connectivity index (χ1) is 7.93. The number of rotatable bonds is 2. The fourth-order valence-electron chi connectivity index (χ4n) is 3.06. The number of carbonyl (C=O) groups excluding carboxylic acids is 2. The molecule has 3 fully saturated rings. The van der Waals surface area contributed by atoms with E-state index in [1.54, 1.807) is 0 Å². The summed E-state index contributed by atoms with van der Waals surface area (Å²) < 4.78 is 10.8. The number of esters is 2. The van der Waals surface area contributed by atoms with E-state index < -0.39 is 5.72 Å². The summed E-state index contributed by atoms with van der Waals surface area (Å²) in [5.74, 6) is -0.354. The lowest BCUT2D eigenvalue weighted by Gasteiger charge is -2.55. The maximum atomic E-state index is 11.2. The van der Waals surface area contributed by atoms with E-state index in [0.717, 1.165) is 25.9 Å². The molecule has 0 radical (unpaired) electrons. The number of nitrogens with zero attached hydrogens (tertiary/aromatic N) is 1. The average molecular weight is 278 g/mol. The molecule has 2 bridgehead atoms. The molecule has 18 heavy (non-hydrogen) atoms. The zero-order valence-corrected chi connectivity index (χ0v) is 11.8. The minimum atomic E-state index is -0.793. The van der Waals surface area contributed by atoms with E-state index in [4.69, 9.17) is 9.47 Å². The second-order valence-corrected chi connectivity index (χ2v) is 5.00. The summed E-state index contributed by atoms with van der Waals surface area (Å²) in [5, 5.41) is 0. The van der Waals surface area contributed by atoms with Crippen LogP contribution < -0.4 is 0 Å². The molecular formula is C12H20ClNO4. The van der Waals surface area contributed by atoms with E-state index >= 15 is 0 Å². The average Bonchev–Trinajstić information content (AvgIpc) is 2.23. The maximum absolute atomic E-state index is 11.2. The number of piperidine rings is 3. The number of halogens is 1. The maximum Gasteiger partial charge on any atom is 0.304 e. The largest absolute Gasteiger partial charge is 0.456 e. The van der Waals surface area contributed by atoms with Crippen LogP contribution in [-0.2, 0) is 19.1 Å². The van der Waals surface area contributed by atoms with Gasteiger partial charge in [-0.15, -0.1) is 12.4 Å². The summed E-state index contributed by atoms with van der Waals surface area (Å²) in [5.41, 5.74) is -0.793. The SMILES string of the molecule is CC(=O)OC1C2CCN(CC2)C1(C)OC(C)=O.Cl. The number of fused-ring (bicyclic) bond motifs is 3. The molecule has 0 aromatic carbocycles. The number of carbonyl (C=O) groups is 2. The number of ether oxygens (including phenoxy) is 2. The van der Waals surface area contributed by atoms with E-state index in [9.17, 15) is 9.59 Å². The van der Waals surface area contributed by atoms with Crippen molar-refractivity contribution in [1.29, 1.82) is 0 Å². The van der Waals surface area contributed by atoms with E-state index in [1.165, 1.54) is 13.8 Å². The van der Waals surface area contributed by atoms with Crippen molar-refractivity contribution in [3.05, 3.63) is 0 Å². The van der Waals surface area contributed by atoms with Gasteiger partial charge in [0.05, 0.1) is 0 Å². The molecule has 0 aromatic heterocycles. The second kappa shape index (κ2) is 5.45. The minimum absolute atomic E-state index is 0. The first kappa shape index (κ1) is 15.2. The Morgan fingerprint density at radius 1 is 1.17 bits per heavy atom. The smallest absolute Gasteiger partial charge is 0.304 e. The van der Waals surface area contributed by atoms with Crippen molar-refractivity contribution in [2.45, 2.75) is 45.4 Å². The molecule has 0 N–H and O–H groups in total. The van der Waals surface area contributed by atoms with Crippen LogP contribution in [-0.4, -0.2) is 41.8 Å². The lowest BCUT2D eigenvalue weighted by molar-refractivity contribution is -0.256. The van der Waals surface area contributed by atoms with Crippen LogP contribution in [0.15, 0.2) is 0 Å². The monoisotopic (exact) mass is 277 g/mol. The zero-order valence-electron chi connectivity index (χ0n) is 11.0. The Bertz CT molecular complexity index is 341. The third-order valence-corrected chi connectivity index (χ3v) is 3.77. The van der Waals surface area contributed by atoms with Crippen molar-refractivity contribution >= 4 is 24.3 Å². The van der Waals surface area contributed by atoms with Gasteiger partial charge in [-0.2, -0.15) is 0 Å². The highest BCUT2D eigenvalue weighted by atomic mass is 35.5. The second-order valence-electron chi connectivity index (χ2n) is 5.00. The van der Waals surface area contributed by atoms with E-state index in [1.807, 2.05) is 6.92 Å². The van der Waals surface area contributed by atoms with Gasteiger partial charge in [0.15, 0.2) is 6.10 Å². The van der Waals surface area contributed by atoms with Gasteiger partial charge in [-0.05, 0) is 19.8 Å². The highest BCUT2D eigenvalue weighted by Gasteiger charge is 2.55. The quantitative estimate of drug-likeness (QED) is 0.713. The van der Waals surface area contributed by atoms with Crippen LogP contribution in [0.4, 0.5) is 0 Å². The van der Waals surface area contributed by atoms with Crippen molar-refractivity contribution in [2.24, 2.45) is 5.92 Å². The molecular weight excluding hydrogens is 258 g/mol. The summed E-state index contributed by atoms with van der Waals surface area (Å²) in [6.07, 6.45) is 1.65. The van der Waals surface area contributed by atoms with Crippen LogP contribution in [0.25, 0.3) is 0 Å². The van der Waals surface area contributed by atoms with Gasteiger partial charge in [-0.3, -0.25) is 14.5 Å². The predicted molar refractivity (Wildman–Crippen MR) is 67.3 cm³/mol. The summed E-state index contributed by atoms with van der Waals surface area (Å²) in [7, 11) is 0. The summed E-state index contributed by atoms with van der Waals surface area (Å²) >= 11 is 0. The van der Waals surface area contributed by atoms with E-state index in [0.29, 0.717) is 5.92 Å². The van der Waals surface area contributed by atoms with Gasteiger partial charge in [0, 0.05) is 32.9 Å². The summed E-state index contributed by atoms with van der Waals surface area (Å²) in [6, 6.07) is 0. The Kier molecular flexibility index (Phi) is 4.61. The van der Waals surface area contributed by atoms with Gasteiger partial charge in [0.25, 0.3) is 0 Å². The molecule has 5 nitrogen and oxygen atoms in total. The van der Waals surface area contributed by atoms with Gasteiger partial charge < -0.3 is 9.47 Å². The van der Waals surface area contributed by atoms with Gasteiger partial charge in [-0.1, -0.05) is 0 Å². The van der Waals surface area contributed by atoms with Crippen molar-refractivity contribution in [3.63, 3.8) is 0 Å². The molecule has 0 aliphatic carbocycles. The van der Waals surface area contributed by atoms with Gasteiger partial charge >= 0.3 is 11.9 Å². The van der Waals surface area contributed by atoms with Crippen LogP contribution in [0.2, 0.25) is 0 Å². The molecule has 0 aromatic rings. The lowest BCUT2D eigenvalue weighted by Crippen LogP contribution is -2.68. The topological polar surface area (TPSA) is 55.8 Å². The van der Waals surface area contributed by atoms with Crippen molar-refractivity contribution in [2.75, 3.05) is 13.1 Å². The molecule has 0 amide bonds. The predicted octanol–water partition coefficient (Wildman–Crippen LogP) is 1.34. The minimum Gasteiger partial charge on any atom is -0.456 e. The van der Waals surface area contributed by atoms with Gasteiger partial charge in [0.2, 0.25) is 5.72 Å². The Morgan fingerprint density at radius 3 is 2.17 bits per heavy atom. The molecule has 6 heteroatoms. The van der Waals surface area contributed by atoms with E-state index in [-0.39, 0.29) is 30.4 Å². The molecule has 3 rings (SSSR count). The first-order valence-corrected chi connectivity index (χ1v) is 6.05. The molecule has 0 spiro atoms. The standard InChI is InChI=1S/C12H19NO4.ClH/c1-8(14)16-11-10-4-6-13(7-5-10)12(11,3)17-9(2)15;/h10-11H,4-7H2,1-3H3;1H. The van der Waals surface area contributed by atoms with E-state index in [2.05, 4.69) is 4.90 Å². The Morgan fingerprint density at radius 2 is 1.72 bits per heavy atom. The first-order valence-electron chi connectivity index (χ1n) is 6.05. The lowest BCUT2D eigenvalue weighted by atomic mass is 9.78. The molecule has 3 aliphatic rings. The fraction of sp³-hybridized carbons (Fsp3) is 0.833. The molecule has 2 unspecified atom stereocenters. The van der Waals surface area contributed by atoms with Crippen molar-refractivity contribution < 1.29 is 19.1 Å². The number of hydrogen-bond acceptors (Lipinski definition) is 5. The normalized spacial score (nSPS) is 37.6. The summed E-state index contributed by atoms with van der Waals surface area (Å²) in [4.78, 5) is 24.5. The molecule has 0 saturated carbocycles. The van der Waals surface area contributed by atoms with Crippen molar-refractivity contribution in [1.82, 2.24) is 4.90 Å². The molecule has 104 valence electrons. The highest BCUT2D eigenvalue weighted by molar-refractivity contribution is 5.85. The highest BCUT2D eigenvalue weighted by Crippen LogP contribution is 2.41. The Balaban J connectivity index is 0.00000162. The van der Waals surface area contributed by atoms with Crippen LogP contribution in [0.3, 0.4) is 0 Å².